The van der Waals surface area contributed by atoms with E-state index in [2.05, 4.69) is 34.9 Å². The summed E-state index contributed by atoms with van der Waals surface area (Å²) in [6.45, 7) is 13.1. The van der Waals surface area contributed by atoms with Crippen molar-refractivity contribution >= 4 is 17.1 Å². The number of aliphatic hydroxyl groups is 3. The number of imidazole rings is 1. The molecule has 0 aromatic carbocycles. The van der Waals surface area contributed by atoms with E-state index < -0.39 is 36.7 Å². The minimum Gasteiger partial charge on any atom is -1.00 e. The number of nitrogen functional groups attached to an aromatic ring is 1. The van der Waals surface area contributed by atoms with Crippen LogP contribution in [0.3, 0.4) is 0 Å². The van der Waals surface area contributed by atoms with Crippen LogP contribution >= 0.6 is 0 Å². The number of anilines is 1. The Kier molecular flexibility index (Phi) is 20.8. The van der Waals surface area contributed by atoms with Crippen LogP contribution in [0.5, 0.6) is 0 Å². The van der Waals surface area contributed by atoms with E-state index in [0.29, 0.717) is 0 Å². The number of nitrogens with one attached hydrogen (secondary N) is 1. The quantitative estimate of drug-likeness (QED) is 0.140. The van der Waals surface area contributed by atoms with Crippen molar-refractivity contribution in [3.63, 3.8) is 0 Å². The molecule has 1 aliphatic heterocycles. The molecule has 2 aromatic heterocycles. The summed E-state index contributed by atoms with van der Waals surface area (Å²) >= 11 is 0. The summed E-state index contributed by atoms with van der Waals surface area (Å²) in [6.07, 6.45) is -3.21. The molecule has 0 bridgehead atoms. The number of nitrogens with zero attached hydrogens (tertiary/aromatic N) is 3. The molecule has 0 spiro atoms. The first-order chi connectivity index (χ1) is 12.5. The van der Waals surface area contributed by atoms with Crippen molar-refractivity contribution in [1.82, 2.24) is 19.5 Å². The maximum Gasteiger partial charge on any atom is 2.00 e. The molecule has 3 rings (SSSR count). The van der Waals surface area contributed by atoms with Gasteiger partial charge in [0.05, 0.1) is 12.9 Å². The van der Waals surface area contributed by atoms with Gasteiger partial charge in [0, 0.05) is 0 Å². The van der Waals surface area contributed by atoms with E-state index in [1.54, 1.807) is 0 Å². The summed E-state index contributed by atoms with van der Waals surface area (Å²) in [5.74, 6) is -0.101. The van der Waals surface area contributed by atoms with Crippen molar-refractivity contribution in [3.8, 4) is 0 Å². The molecule has 1 fully saturated rings. The molecule has 3 heterocycles. The van der Waals surface area contributed by atoms with E-state index in [1.807, 2.05) is 0 Å². The van der Waals surface area contributed by atoms with Crippen LogP contribution in [0.1, 0.15) is 6.23 Å². The van der Waals surface area contributed by atoms with Crippen molar-refractivity contribution in [2.24, 2.45) is 0 Å². The average Bonchev–Trinajstić information content (AvgIpc) is 3.22. The average molecular weight is 539 g/mol. The second-order valence-corrected chi connectivity index (χ2v) is 4.50. The molecule has 6 N–H and O–H groups in total. The summed E-state index contributed by atoms with van der Waals surface area (Å²) < 4.78 is 29.1. The molecule has 0 aliphatic carbocycles. The Bertz CT molecular complexity index is 828. The first-order valence-electron chi connectivity index (χ1n) is 6.49. The molecule has 2 aromatic rings. The molecule has 0 unspecified atom stereocenters. The summed E-state index contributed by atoms with van der Waals surface area (Å²) in [5.41, 5.74) is 5.12. The number of hydrogen-bond donors (Lipinski definition) is 5. The Morgan fingerprint density at radius 3 is 2.14 bits per heavy atom. The van der Waals surface area contributed by atoms with Gasteiger partial charge in [-0.25, -0.2) is 4.98 Å². The number of hydrogen-bond acceptors (Lipinski definition) is 8. The topological polar surface area (TPSA) is 219 Å². The van der Waals surface area contributed by atoms with Gasteiger partial charge in [-0.15, -0.1) is 0 Å². The fourth-order valence-electron chi connectivity index (χ4n) is 2.24. The number of ether oxygens (including phenoxy) is 1. The number of halogens is 2. The molecule has 1 aliphatic rings. The van der Waals surface area contributed by atoms with E-state index in [1.165, 1.54) is 10.9 Å². The maximum absolute atomic E-state index is 11.7. The summed E-state index contributed by atoms with van der Waals surface area (Å²) in [4.78, 5) is 21.8. The van der Waals surface area contributed by atoms with Gasteiger partial charge in [-0.2, -0.15) is 4.98 Å². The molecule has 0 radical (unpaired) electrons. The third-order valence-electron chi connectivity index (χ3n) is 3.24. The zero-order valence-corrected chi connectivity index (χ0v) is 17.3. The fourth-order valence-corrected chi connectivity index (χ4v) is 2.24. The zero-order valence-electron chi connectivity index (χ0n) is 14.0. The molecular weight excluding hydrogens is 526 g/mol. The largest absolute Gasteiger partial charge is 2.00 e. The summed E-state index contributed by atoms with van der Waals surface area (Å²) in [6, 6.07) is 0. The van der Waals surface area contributed by atoms with Crippen LogP contribution in [0.2, 0.25) is 0 Å². The van der Waals surface area contributed by atoms with Gasteiger partial charge in [-0.3, -0.25) is 14.3 Å². The normalized spacial score (nSPS) is 21.0. The minimum atomic E-state index is -1.29. The van der Waals surface area contributed by atoms with Gasteiger partial charge in [0.2, 0.25) is 5.95 Å². The number of aromatic nitrogens is 4. The molecule has 4 atom stereocenters. The Morgan fingerprint density at radius 2 is 1.69 bits per heavy atom. The van der Waals surface area contributed by atoms with Crippen LogP contribution in [-0.4, -0.2) is 59.8 Å². The monoisotopic (exact) mass is 539 g/mol. The Labute approximate surface area is 188 Å². The molecule has 0 saturated carbocycles. The third-order valence-corrected chi connectivity index (χ3v) is 3.24. The molecule has 0 amide bonds. The van der Waals surface area contributed by atoms with Gasteiger partial charge < -0.3 is 50.6 Å². The van der Waals surface area contributed by atoms with Crippen LogP contribution in [0, 0.1) is 20.0 Å². The van der Waals surface area contributed by atoms with Gasteiger partial charge in [-0.1, -0.05) is 0 Å². The molecule has 29 heavy (non-hydrogen) atoms. The number of aromatic amines is 1. The minimum absolute atomic E-state index is 0. The van der Waals surface area contributed by atoms with Gasteiger partial charge in [0.15, 0.2) is 17.4 Å². The predicted octanol–water partition coefficient (Wildman–Crippen LogP) is -8.79. The van der Waals surface area contributed by atoms with Crippen molar-refractivity contribution in [1.29, 1.82) is 0 Å². The van der Waals surface area contributed by atoms with Crippen molar-refractivity contribution < 1.29 is 78.3 Å². The number of rotatable bonds is 2. The number of aliphatic hydroxyl groups excluding tert-OH is 3. The van der Waals surface area contributed by atoms with E-state index in [9.17, 15) is 15.0 Å². The zero-order chi connectivity index (χ0) is 20.4. The smallest absolute Gasteiger partial charge is 1.00 e. The first-order valence-corrected chi connectivity index (χ1v) is 6.49. The second kappa shape index (κ2) is 17.3. The SMILES string of the molecule is Nc1nc2c(ncn2[C@@H]2O[C@H](CO)[C@@H](O)[C@H]2O)c(=O)[nH]1.[C-]#[O+].[C-]#[O+].[C-]#[O+].[Cl-].[Cl-].[Ru+2]. The Hall–Kier alpha value is -1.59. The molecule has 13 nitrogen and oxygen atoms in total. The molecule has 160 valence electrons. The van der Waals surface area contributed by atoms with Crippen LogP contribution < -0.4 is 36.1 Å². The third kappa shape index (κ3) is 7.63. The Balaban J connectivity index is -0.000000319. The first kappa shape index (κ1) is 34.9. The van der Waals surface area contributed by atoms with Crippen LogP contribution in [-0.2, 0) is 38.2 Å². The van der Waals surface area contributed by atoms with E-state index >= 15 is 0 Å². The van der Waals surface area contributed by atoms with E-state index in [0.717, 1.165) is 0 Å². The summed E-state index contributed by atoms with van der Waals surface area (Å²) in [5, 5.41) is 28.7. The van der Waals surface area contributed by atoms with Crippen LogP contribution in [0.25, 0.3) is 11.2 Å². The molecular formula is C13H13Cl2N5O8Ru. The van der Waals surface area contributed by atoms with Crippen LogP contribution in [0.15, 0.2) is 11.1 Å². The van der Waals surface area contributed by atoms with Crippen molar-refractivity contribution in [2.75, 3.05) is 12.3 Å². The number of fused-ring (bicyclic) bond motifs is 1. The number of H-pyrrole nitrogens is 1. The van der Waals surface area contributed by atoms with E-state index in [-0.39, 0.29) is 61.4 Å². The molecule has 1 saturated heterocycles. The van der Waals surface area contributed by atoms with Gasteiger partial charge in [0.25, 0.3) is 5.56 Å². The van der Waals surface area contributed by atoms with Gasteiger partial charge >= 0.3 is 53.4 Å². The Morgan fingerprint density at radius 1 is 1.17 bits per heavy atom. The number of nitrogens with two attached hydrogens (primary N) is 1. The predicted molar refractivity (Wildman–Crippen MR) is 77.4 cm³/mol. The van der Waals surface area contributed by atoms with Gasteiger partial charge in [0.1, 0.15) is 18.3 Å². The second-order valence-electron chi connectivity index (χ2n) is 4.50. The fraction of sp³-hybridized carbons (Fsp3) is 0.385. The van der Waals surface area contributed by atoms with Crippen molar-refractivity contribution in [3.05, 3.63) is 36.6 Å². The standard InChI is InChI=1S/C10H13N5O5.3CO.2ClH.Ru/c11-10-13-7-4(8(19)14-10)12-2-15(7)9-6(18)5(17)3(1-16)20-9;3*1-2;;;/h2-3,5-6,9,16-18H,1H2,(H3,11,13,14,19);;;;2*1H;/q;;;;;;+2/p-2/t3-,5-,6-,9-;;;;;;/m1....../s1. The van der Waals surface area contributed by atoms with Crippen LogP contribution in [0.4, 0.5) is 5.95 Å². The summed E-state index contributed by atoms with van der Waals surface area (Å²) in [7, 11) is 0. The molecule has 16 heteroatoms. The van der Waals surface area contributed by atoms with Gasteiger partial charge in [-0.05, 0) is 0 Å². The van der Waals surface area contributed by atoms with E-state index in [4.69, 9.17) is 29.5 Å². The van der Waals surface area contributed by atoms with Crippen molar-refractivity contribution in [2.45, 2.75) is 24.5 Å². The maximum atomic E-state index is 11.7.